The predicted molar refractivity (Wildman–Crippen MR) is 62.4 cm³/mol. The van der Waals surface area contributed by atoms with Gasteiger partial charge in [-0.3, -0.25) is 0 Å². The monoisotopic (exact) mass is 236 g/mol. The second kappa shape index (κ2) is 3.98. The number of carbonyl (C=O) groups is 1. The maximum Gasteiger partial charge on any atom is 0.328 e. The largest absolute Gasteiger partial charge is 0.478 e. The number of aliphatic carboxylic acids is 1. The van der Waals surface area contributed by atoms with Crippen LogP contribution in [-0.4, -0.2) is 20.6 Å². The molecule has 0 saturated carbocycles. The molecule has 0 bridgehead atoms. The molecule has 2 aromatic rings. The van der Waals surface area contributed by atoms with Crippen LogP contribution >= 0.6 is 11.6 Å². The third-order valence-corrected chi connectivity index (χ3v) is 2.49. The third kappa shape index (κ3) is 1.92. The molecule has 0 atom stereocenters. The van der Waals surface area contributed by atoms with Crippen LogP contribution in [0.4, 0.5) is 0 Å². The van der Waals surface area contributed by atoms with Crippen molar-refractivity contribution in [1.82, 2.24) is 9.55 Å². The average Bonchev–Trinajstić information content (AvgIpc) is 2.53. The molecule has 5 heteroatoms. The Labute approximate surface area is 96.8 Å². The number of hydrogen-bond acceptors (Lipinski definition) is 2. The van der Waals surface area contributed by atoms with Crippen LogP contribution in [0.2, 0.25) is 5.02 Å². The number of aryl methyl sites for hydroxylation is 1. The Morgan fingerprint density at radius 3 is 3.00 bits per heavy atom. The van der Waals surface area contributed by atoms with Gasteiger partial charge < -0.3 is 9.67 Å². The first-order valence-corrected chi connectivity index (χ1v) is 4.99. The van der Waals surface area contributed by atoms with Gasteiger partial charge in [0.2, 0.25) is 0 Å². The van der Waals surface area contributed by atoms with Crippen molar-refractivity contribution in [2.45, 2.75) is 0 Å². The number of nitrogens with zero attached hydrogens (tertiary/aromatic N) is 2. The van der Waals surface area contributed by atoms with Gasteiger partial charge in [-0.05, 0) is 24.3 Å². The van der Waals surface area contributed by atoms with Gasteiger partial charge in [-0.15, -0.1) is 0 Å². The van der Waals surface area contributed by atoms with E-state index in [4.69, 9.17) is 16.7 Å². The van der Waals surface area contributed by atoms with E-state index in [1.54, 1.807) is 22.8 Å². The standard InChI is InChI=1S/C11H9ClN2O2/c1-14-9-6-7(12)2-3-8(9)13-10(14)4-5-11(15)16/h2-6H,1H3,(H,15,16)/b5-4+. The summed E-state index contributed by atoms with van der Waals surface area (Å²) in [5.41, 5.74) is 1.66. The highest BCUT2D eigenvalue weighted by Crippen LogP contribution is 2.20. The number of carboxylic acid groups (broad SMARTS) is 1. The Bertz CT molecular complexity index is 587. The van der Waals surface area contributed by atoms with E-state index in [1.807, 2.05) is 7.05 Å². The molecule has 1 aromatic heterocycles. The van der Waals surface area contributed by atoms with Crippen molar-refractivity contribution in [3.63, 3.8) is 0 Å². The smallest absolute Gasteiger partial charge is 0.328 e. The second-order valence-corrected chi connectivity index (χ2v) is 3.77. The van der Waals surface area contributed by atoms with Crippen molar-refractivity contribution in [3.8, 4) is 0 Å². The summed E-state index contributed by atoms with van der Waals surface area (Å²) in [4.78, 5) is 14.7. The van der Waals surface area contributed by atoms with Gasteiger partial charge in [-0.2, -0.15) is 0 Å². The molecule has 82 valence electrons. The van der Waals surface area contributed by atoms with Crippen LogP contribution in [0.15, 0.2) is 24.3 Å². The number of rotatable bonds is 2. The molecule has 0 aliphatic carbocycles. The third-order valence-electron chi connectivity index (χ3n) is 2.25. The van der Waals surface area contributed by atoms with Crippen LogP contribution in [0.25, 0.3) is 17.1 Å². The van der Waals surface area contributed by atoms with Gasteiger partial charge >= 0.3 is 5.97 Å². The van der Waals surface area contributed by atoms with Crippen molar-refractivity contribution in [1.29, 1.82) is 0 Å². The fourth-order valence-electron chi connectivity index (χ4n) is 1.48. The van der Waals surface area contributed by atoms with Gasteiger partial charge in [0, 0.05) is 18.1 Å². The van der Waals surface area contributed by atoms with E-state index < -0.39 is 5.97 Å². The number of imidazole rings is 1. The Balaban J connectivity index is 2.56. The summed E-state index contributed by atoms with van der Waals surface area (Å²) in [7, 11) is 1.81. The summed E-state index contributed by atoms with van der Waals surface area (Å²) in [5.74, 6) is -0.412. The molecule has 0 spiro atoms. The number of carboxylic acids is 1. The summed E-state index contributed by atoms with van der Waals surface area (Å²) in [6.07, 6.45) is 2.51. The maximum absolute atomic E-state index is 10.4. The molecule has 16 heavy (non-hydrogen) atoms. The number of hydrogen-bond donors (Lipinski definition) is 1. The molecular formula is C11H9ClN2O2. The zero-order valence-electron chi connectivity index (χ0n) is 8.51. The minimum atomic E-state index is -0.995. The van der Waals surface area contributed by atoms with Crippen LogP contribution in [0.5, 0.6) is 0 Å². The Morgan fingerprint density at radius 2 is 2.31 bits per heavy atom. The quantitative estimate of drug-likeness (QED) is 0.815. The van der Waals surface area contributed by atoms with Crippen LogP contribution in [0, 0.1) is 0 Å². The Morgan fingerprint density at radius 1 is 1.56 bits per heavy atom. The minimum absolute atomic E-state index is 0.583. The number of fused-ring (bicyclic) bond motifs is 1. The van der Waals surface area contributed by atoms with Gasteiger partial charge in [-0.1, -0.05) is 11.6 Å². The Kier molecular flexibility index (Phi) is 2.66. The fourth-order valence-corrected chi connectivity index (χ4v) is 1.64. The van der Waals surface area contributed by atoms with E-state index in [2.05, 4.69) is 4.98 Å². The first kappa shape index (κ1) is 10.7. The summed E-state index contributed by atoms with van der Waals surface area (Å²) < 4.78 is 1.79. The molecule has 0 amide bonds. The number of benzene rings is 1. The Hall–Kier alpha value is -1.81. The van der Waals surface area contributed by atoms with E-state index in [0.29, 0.717) is 10.8 Å². The molecule has 0 unspecified atom stereocenters. The van der Waals surface area contributed by atoms with Crippen molar-refractivity contribution in [2.75, 3.05) is 0 Å². The molecule has 0 fully saturated rings. The molecule has 1 heterocycles. The highest BCUT2D eigenvalue weighted by molar-refractivity contribution is 6.31. The van der Waals surface area contributed by atoms with Crippen LogP contribution < -0.4 is 0 Å². The van der Waals surface area contributed by atoms with Gasteiger partial charge in [0.05, 0.1) is 11.0 Å². The lowest BCUT2D eigenvalue weighted by atomic mass is 10.3. The fraction of sp³-hybridized carbons (Fsp3) is 0.0909. The summed E-state index contributed by atoms with van der Waals surface area (Å²) in [6, 6.07) is 5.35. The van der Waals surface area contributed by atoms with Gasteiger partial charge in [-0.25, -0.2) is 9.78 Å². The van der Waals surface area contributed by atoms with Crippen LogP contribution in [0.3, 0.4) is 0 Å². The molecule has 0 saturated heterocycles. The van der Waals surface area contributed by atoms with Crippen molar-refractivity contribution in [2.24, 2.45) is 7.05 Å². The molecule has 1 N–H and O–H groups in total. The zero-order valence-corrected chi connectivity index (χ0v) is 9.27. The molecule has 1 aromatic carbocycles. The van der Waals surface area contributed by atoms with Gasteiger partial charge in [0.15, 0.2) is 0 Å². The minimum Gasteiger partial charge on any atom is -0.478 e. The van der Waals surface area contributed by atoms with Crippen molar-refractivity contribution >= 4 is 34.7 Å². The van der Waals surface area contributed by atoms with Crippen molar-refractivity contribution in [3.05, 3.63) is 35.1 Å². The highest BCUT2D eigenvalue weighted by atomic mass is 35.5. The van der Waals surface area contributed by atoms with Crippen molar-refractivity contribution < 1.29 is 9.90 Å². The second-order valence-electron chi connectivity index (χ2n) is 3.33. The zero-order chi connectivity index (χ0) is 11.7. The van der Waals surface area contributed by atoms with E-state index in [0.717, 1.165) is 17.1 Å². The van der Waals surface area contributed by atoms with E-state index >= 15 is 0 Å². The molecule has 4 nitrogen and oxygen atoms in total. The molecule has 0 radical (unpaired) electrons. The molecule has 2 rings (SSSR count). The van der Waals surface area contributed by atoms with E-state index in [-0.39, 0.29) is 0 Å². The molecule has 0 aliphatic heterocycles. The van der Waals surface area contributed by atoms with Crippen LogP contribution in [-0.2, 0) is 11.8 Å². The first-order chi connectivity index (χ1) is 7.58. The number of halogens is 1. The first-order valence-electron chi connectivity index (χ1n) is 4.61. The lowest BCUT2D eigenvalue weighted by Gasteiger charge is -1.96. The lowest BCUT2D eigenvalue weighted by molar-refractivity contribution is -0.131. The summed E-state index contributed by atoms with van der Waals surface area (Å²) in [5, 5.41) is 9.17. The topological polar surface area (TPSA) is 55.1 Å². The predicted octanol–water partition coefficient (Wildman–Crippen LogP) is 2.32. The SMILES string of the molecule is Cn1c(/C=C/C(=O)O)nc2ccc(Cl)cc21. The molecular weight excluding hydrogens is 228 g/mol. The van der Waals surface area contributed by atoms with E-state index in [1.165, 1.54) is 6.08 Å². The lowest BCUT2D eigenvalue weighted by Crippen LogP contribution is -1.93. The normalized spacial score (nSPS) is 11.4. The van der Waals surface area contributed by atoms with Gasteiger partial charge in [0.25, 0.3) is 0 Å². The van der Waals surface area contributed by atoms with Crippen LogP contribution in [0.1, 0.15) is 5.82 Å². The summed E-state index contributed by atoms with van der Waals surface area (Å²) in [6.45, 7) is 0. The number of aromatic nitrogens is 2. The van der Waals surface area contributed by atoms with E-state index in [9.17, 15) is 4.79 Å². The summed E-state index contributed by atoms with van der Waals surface area (Å²) >= 11 is 5.87. The van der Waals surface area contributed by atoms with Gasteiger partial charge in [0.1, 0.15) is 5.82 Å². The maximum atomic E-state index is 10.4. The molecule has 0 aliphatic rings. The average molecular weight is 237 g/mol. The highest BCUT2D eigenvalue weighted by Gasteiger charge is 2.05.